The molecule has 0 atom stereocenters. The second-order valence-corrected chi connectivity index (χ2v) is 4.17. The standard InChI is InChI=1S/C9H13ClN2O/c1-6-4-8(10)12-11-7(6)5-9(2,3)13/h4,13H,5H2,1-3H3. The predicted octanol–water partition coefficient (Wildman–Crippen LogP) is 1.75. The van der Waals surface area contributed by atoms with Gasteiger partial charge in [-0.2, -0.15) is 5.10 Å². The van der Waals surface area contributed by atoms with Gasteiger partial charge in [0.05, 0.1) is 11.3 Å². The van der Waals surface area contributed by atoms with Crippen LogP contribution in [0.2, 0.25) is 5.15 Å². The second-order valence-electron chi connectivity index (χ2n) is 3.79. The number of aliphatic hydroxyl groups is 1. The van der Waals surface area contributed by atoms with Gasteiger partial charge < -0.3 is 5.11 Å². The maximum Gasteiger partial charge on any atom is 0.151 e. The third-order valence-corrected chi connectivity index (χ3v) is 1.84. The SMILES string of the molecule is Cc1cc(Cl)nnc1CC(C)(C)O. The molecule has 1 heterocycles. The third-order valence-electron chi connectivity index (χ3n) is 1.66. The number of aryl methyl sites for hydroxylation is 1. The van der Waals surface area contributed by atoms with Gasteiger partial charge in [0.25, 0.3) is 0 Å². The molecule has 0 aliphatic rings. The number of halogens is 1. The van der Waals surface area contributed by atoms with E-state index in [1.165, 1.54) is 0 Å². The van der Waals surface area contributed by atoms with E-state index in [1.54, 1.807) is 19.9 Å². The molecule has 13 heavy (non-hydrogen) atoms. The molecule has 1 rings (SSSR count). The first kappa shape index (κ1) is 10.4. The number of rotatable bonds is 2. The summed E-state index contributed by atoms with van der Waals surface area (Å²) < 4.78 is 0. The topological polar surface area (TPSA) is 46.0 Å². The highest BCUT2D eigenvalue weighted by atomic mass is 35.5. The largest absolute Gasteiger partial charge is 0.390 e. The summed E-state index contributed by atoms with van der Waals surface area (Å²) in [6.07, 6.45) is 0.489. The Morgan fingerprint density at radius 1 is 1.46 bits per heavy atom. The zero-order chi connectivity index (χ0) is 10.1. The van der Waals surface area contributed by atoms with E-state index < -0.39 is 5.60 Å². The van der Waals surface area contributed by atoms with Crippen molar-refractivity contribution < 1.29 is 5.11 Å². The number of hydrogen-bond acceptors (Lipinski definition) is 3. The molecule has 0 aromatic carbocycles. The van der Waals surface area contributed by atoms with Crippen molar-refractivity contribution in [2.24, 2.45) is 0 Å². The summed E-state index contributed by atoms with van der Waals surface area (Å²) in [7, 11) is 0. The Labute approximate surface area is 82.8 Å². The van der Waals surface area contributed by atoms with Crippen molar-refractivity contribution in [2.75, 3.05) is 0 Å². The van der Waals surface area contributed by atoms with Gasteiger partial charge in [-0.1, -0.05) is 11.6 Å². The minimum absolute atomic E-state index is 0.386. The highest BCUT2D eigenvalue weighted by Crippen LogP contribution is 2.15. The first-order chi connectivity index (χ1) is 5.88. The molecule has 0 saturated heterocycles. The van der Waals surface area contributed by atoms with Crippen LogP contribution in [0.5, 0.6) is 0 Å². The third kappa shape index (κ3) is 3.28. The summed E-state index contributed by atoms with van der Waals surface area (Å²) >= 11 is 5.65. The van der Waals surface area contributed by atoms with Crippen molar-refractivity contribution in [3.8, 4) is 0 Å². The molecular weight excluding hydrogens is 188 g/mol. The quantitative estimate of drug-likeness (QED) is 0.791. The molecule has 0 saturated carbocycles. The van der Waals surface area contributed by atoms with Gasteiger partial charge in [0.15, 0.2) is 5.15 Å². The molecule has 3 nitrogen and oxygen atoms in total. The van der Waals surface area contributed by atoms with Crippen LogP contribution < -0.4 is 0 Å². The van der Waals surface area contributed by atoms with Gasteiger partial charge >= 0.3 is 0 Å². The Morgan fingerprint density at radius 2 is 2.08 bits per heavy atom. The maximum absolute atomic E-state index is 9.56. The number of hydrogen-bond donors (Lipinski definition) is 1. The van der Waals surface area contributed by atoms with Crippen LogP contribution >= 0.6 is 11.6 Å². The van der Waals surface area contributed by atoms with Crippen molar-refractivity contribution in [1.29, 1.82) is 0 Å². The molecule has 0 radical (unpaired) electrons. The molecule has 0 aliphatic carbocycles. The molecule has 1 aromatic heterocycles. The van der Waals surface area contributed by atoms with E-state index in [0.717, 1.165) is 11.3 Å². The molecule has 0 fully saturated rings. The van der Waals surface area contributed by atoms with Gasteiger partial charge in [0, 0.05) is 6.42 Å². The van der Waals surface area contributed by atoms with Crippen LogP contribution in [-0.2, 0) is 6.42 Å². The van der Waals surface area contributed by atoms with E-state index in [9.17, 15) is 5.11 Å². The Morgan fingerprint density at radius 3 is 2.54 bits per heavy atom. The highest BCUT2D eigenvalue weighted by Gasteiger charge is 2.16. The van der Waals surface area contributed by atoms with Crippen LogP contribution in [0.4, 0.5) is 0 Å². The van der Waals surface area contributed by atoms with Crippen LogP contribution in [0.3, 0.4) is 0 Å². The zero-order valence-electron chi connectivity index (χ0n) is 8.00. The van der Waals surface area contributed by atoms with Gasteiger partial charge in [0.1, 0.15) is 0 Å². The normalized spacial score (nSPS) is 11.8. The van der Waals surface area contributed by atoms with Crippen LogP contribution in [-0.4, -0.2) is 20.9 Å². The first-order valence-corrected chi connectivity index (χ1v) is 4.47. The molecule has 0 spiro atoms. The van der Waals surface area contributed by atoms with Crippen molar-refractivity contribution in [3.05, 3.63) is 22.5 Å². The van der Waals surface area contributed by atoms with Gasteiger partial charge in [-0.25, -0.2) is 0 Å². The van der Waals surface area contributed by atoms with Crippen LogP contribution in [0.1, 0.15) is 25.1 Å². The van der Waals surface area contributed by atoms with E-state index >= 15 is 0 Å². The lowest BCUT2D eigenvalue weighted by Crippen LogP contribution is -2.23. The van der Waals surface area contributed by atoms with E-state index in [4.69, 9.17) is 11.6 Å². The first-order valence-electron chi connectivity index (χ1n) is 4.09. The molecule has 0 bridgehead atoms. The Balaban J connectivity index is 2.90. The molecule has 4 heteroatoms. The summed E-state index contributed by atoms with van der Waals surface area (Å²) in [5, 5.41) is 17.6. The fraction of sp³-hybridized carbons (Fsp3) is 0.556. The molecule has 0 unspecified atom stereocenters. The highest BCUT2D eigenvalue weighted by molar-refractivity contribution is 6.29. The zero-order valence-corrected chi connectivity index (χ0v) is 8.76. The van der Waals surface area contributed by atoms with Crippen LogP contribution in [0, 0.1) is 6.92 Å². The predicted molar refractivity (Wildman–Crippen MR) is 51.8 cm³/mol. The van der Waals surface area contributed by atoms with Crippen molar-refractivity contribution in [3.63, 3.8) is 0 Å². The van der Waals surface area contributed by atoms with Gasteiger partial charge in [0.2, 0.25) is 0 Å². The Hall–Kier alpha value is -0.670. The lowest BCUT2D eigenvalue weighted by atomic mass is 10.0. The molecular formula is C9H13ClN2O. The fourth-order valence-corrected chi connectivity index (χ4v) is 1.26. The number of nitrogens with zero attached hydrogens (tertiary/aromatic N) is 2. The average molecular weight is 201 g/mol. The Kier molecular flexibility index (Phi) is 2.88. The van der Waals surface area contributed by atoms with Gasteiger partial charge in [-0.3, -0.25) is 0 Å². The molecule has 0 aliphatic heterocycles. The lowest BCUT2D eigenvalue weighted by molar-refractivity contribution is 0.0795. The van der Waals surface area contributed by atoms with Crippen LogP contribution in [0.15, 0.2) is 6.07 Å². The molecule has 1 aromatic rings. The van der Waals surface area contributed by atoms with E-state index in [1.807, 2.05) is 6.92 Å². The Bertz CT molecular complexity index is 307. The summed E-state index contributed by atoms with van der Waals surface area (Å²) in [5.41, 5.74) is 0.992. The van der Waals surface area contributed by atoms with Crippen molar-refractivity contribution in [1.82, 2.24) is 10.2 Å². The summed E-state index contributed by atoms with van der Waals surface area (Å²) in [5.74, 6) is 0. The van der Waals surface area contributed by atoms with E-state index in [-0.39, 0.29) is 0 Å². The fourth-order valence-electron chi connectivity index (χ4n) is 1.06. The second kappa shape index (κ2) is 3.60. The maximum atomic E-state index is 9.56. The van der Waals surface area contributed by atoms with Crippen molar-refractivity contribution in [2.45, 2.75) is 32.8 Å². The lowest BCUT2D eigenvalue weighted by Gasteiger charge is -2.16. The molecule has 0 amide bonds. The van der Waals surface area contributed by atoms with E-state index in [0.29, 0.717) is 11.6 Å². The average Bonchev–Trinajstić information content (AvgIpc) is 1.93. The minimum atomic E-state index is -0.757. The van der Waals surface area contributed by atoms with Gasteiger partial charge in [-0.05, 0) is 32.4 Å². The summed E-state index contributed by atoms with van der Waals surface area (Å²) in [6, 6.07) is 1.75. The smallest absolute Gasteiger partial charge is 0.151 e. The summed E-state index contributed by atoms with van der Waals surface area (Å²) in [4.78, 5) is 0. The van der Waals surface area contributed by atoms with Crippen molar-refractivity contribution >= 4 is 11.6 Å². The molecule has 1 N–H and O–H groups in total. The molecule has 72 valence electrons. The van der Waals surface area contributed by atoms with Crippen LogP contribution in [0.25, 0.3) is 0 Å². The monoisotopic (exact) mass is 200 g/mol. The summed E-state index contributed by atoms with van der Waals surface area (Å²) in [6.45, 7) is 5.38. The van der Waals surface area contributed by atoms with E-state index in [2.05, 4.69) is 10.2 Å². The van der Waals surface area contributed by atoms with Gasteiger partial charge in [-0.15, -0.1) is 5.10 Å². The number of aromatic nitrogens is 2. The minimum Gasteiger partial charge on any atom is -0.390 e.